The Kier molecular flexibility index (Phi) is 2.76. The van der Waals surface area contributed by atoms with E-state index in [4.69, 9.17) is 9.26 Å². The summed E-state index contributed by atoms with van der Waals surface area (Å²) < 4.78 is 10.9. The Morgan fingerprint density at radius 1 is 1.41 bits per heavy atom. The van der Waals surface area contributed by atoms with Crippen LogP contribution in [0.2, 0.25) is 0 Å². The lowest BCUT2D eigenvalue weighted by Gasteiger charge is -2.38. The number of nitrogens with one attached hydrogen (secondary N) is 1. The Morgan fingerprint density at radius 2 is 2.18 bits per heavy atom. The number of hydrogen-bond donors (Lipinski definition) is 1. The molecular weight excluding hydrogens is 220 g/mol. The van der Waals surface area contributed by atoms with Crippen molar-refractivity contribution in [2.45, 2.75) is 32.0 Å². The first-order chi connectivity index (χ1) is 8.25. The number of aromatic nitrogens is 2. The van der Waals surface area contributed by atoms with Crippen LogP contribution in [0.3, 0.4) is 0 Å². The molecule has 0 atom stereocenters. The number of hydrogen-bond acceptors (Lipinski definition) is 6. The summed E-state index contributed by atoms with van der Waals surface area (Å²) in [6, 6.07) is 0. The zero-order chi connectivity index (χ0) is 11.7. The summed E-state index contributed by atoms with van der Waals surface area (Å²) in [5.41, 5.74) is -0.0672. The summed E-state index contributed by atoms with van der Waals surface area (Å²) in [7, 11) is 0. The van der Waals surface area contributed by atoms with Gasteiger partial charge in [-0.2, -0.15) is 4.98 Å². The number of nitrogens with zero attached hydrogens (tertiary/aromatic N) is 3. The Hall–Kier alpha value is -1.14. The van der Waals surface area contributed by atoms with E-state index in [-0.39, 0.29) is 5.60 Å². The highest BCUT2D eigenvalue weighted by Crippen LogP contribution is 2.19. The zero-order valence-corrected chi connectivity index (χ0v) is 10.1. The average molecular weight is 238 g/mol. The van der Waals surface area contributed by atoms with E-state index in [1.807, 2.05) is 0 Å². The summed E-state index contributed by atoms with van der Waals surface area (Å²) in [6.45, 7) is 6.32. The lowest BCUT2D eigenvalue weighted by molar-refractivity contribution is -0.0841. The van der Waals surface area contributed by atoms with Gasteiger partial charge >= 0.3 is 0 Å². The fourth-order valence-electron chi connectivity index (χ4n) is 2.17. The average Bonchev–Trinajstić information content (AvgIpc) is 2.93. The fraction of sp³-hybridized carbons (Fsp3) is 0.818. The molecule has 1 N–H and O–H groups in total. The van der Waals surface area contributed by atoms with E-state index in [2.05, 4.69) is 27.3 Å². The quantitative estimate of drug-likeness (QED) is 0.826. The SMILES string of the molecule is CC1(OCc2nc(N3CCCC3)no2)CNC1. The van der Waals surface area contributed by atoms with Crippen LogP contribution in [-0.2, 0) is 11.3 Å². The molecule has 3 rings (SSSR count). The monoisotopic (exact) mass is 238 g/mol. The van der Waals surface area contributed by atoms with Crippen LogP contribution in [0, 0.1) is 0 Å². The van der Waals surface area contributed by atoms with Crippen molar-refractivity contribution in [3.63, 3.8) is 0 Å². The van der Waals surface area contributed by atoms with E-state index in [0.717, 1.165) is 26.2 Å². The minimum absolute atomic E-state index is 0.0672. The standard InChI is InChI=1S/C11H18N4O2/c1-11(7-12-8-11)16-6-9-13-10(14-17-9)15-4-2-3-5-15/h12H,2-8H2,1H3. The predicted molar refractivity (Wildman–Crippen MR) is 61.8 cm³/mol. The lowest BCUT2D eigenvalue weighted by Crippen LogP contribution is -2.58. The summed E-state index contributed by atoms with van der Waals surface area (Å²) in [4.78, 5) is 6.51. The molecule has 6 heteroatoms. The molecule has 1 aromatic rings. The van der Waals surface area contributed by atoms with Crippen LogP contribution < -0.4 is 10.2 Å². The van der Waals surface area contributed by atoms with Gasteiger partial charge in [0, 0.05) is 26.2 Å². The van der Waals surface area contributed by atoms with Crippen LogP contribution in [0.5, 0.6) is 0 Å². The van der Waals surface area contributed by atoms with E-state index < -0.39 is 0 Å². The van der Waals surface area contributed by atoms with Gasteiger partial charge in [0.25, 0.3) is 11.8 Å². The zero-order valence-electron chi connectivity index (χ0n) is 10.1. The highest BCUT2D eigenvalue weighted by molar-refractivity contribution is 5.28. The fourth-order valence-corrected chi connectivity index (χ4v) is 2.17. The van der Waals surface area contributed by atoms with Crippen molar-refractivity contribution in [2.75, 3.05) is 31.1 Å². The van der Waals surface area contributed by atoms with Crippen LogP contribution >= 0.6 is 0 Å². The molecule has 0 aliphatic carbocycles. The maximum atomic E-state index is 5.75. The number of anilines is 1. The van der Waals surface area contributed by atoms with Crippen LogP contribution in [0.4, 0.5) is 5.95 Å². The van der Waals surface area contributed by atoms with Gasteiger partial charge in [0.05, 0.1) is 5.60 Å². The molecule has 3 heterocycles. The van der Waals surface area contributed by atoms with Gasteiger partial charge in [0.1, 0.15) is 6.61 Å². The number of ether oxygens (including phenoxy) is 1. The molecule has 2 aliphatic rings. The van der Waals surface area contributed by atoms with Gasteiger partial charge in [0.2, 0.25) is 0 Å². The van der Waals surface area contributed by atoms with Crippen molar-refractivity contribution in [1.29, 1.82) is 0 Å². The molecule has 6 nitrogen and oxygen atoms in total. The third-order valence-electron chi connectivity index (χ3n) is 3.39. The molecular formula is C11H18N4O2. The summed E-state index contributed by atoms with van der Waals surface area (Å²) >= 11 is 0. The molecule has 0 unspecified atom stereocenters. The van der Waals surface area contributed by atoms with Gasteiger partial charge in [-0.1, -0.05) is 0 Å². The van der Waals surface area contributed by atoms with Crippen molar-refractivity contribution in [3.05, 3.63) is 5.89 Å². The molecule has 1 aromatic heterocycles. The van der Waals surface area contributed by atoms with Crippen molar-refractivity contribution in [1.82, 2.24) is 15.5 Å². The van der Waals surface area contributed by atoms with Crippen molar-refractivity contribution >= 4 is 5.95 Å². The minimum Gasteiger partial charge on any atom is -0.363 e. The topological polar surface area (TPSA) is 63.4 Å². The van der Waals surface area contributed by atoms with E-state index in [0.29, 0.717) is 18.4 Å². The molecule has 0 amide bonds. The Morgan fingerprint density at radius 3 is 2.82 bits per heavy atom. The van der Waals surface area contributed by atoms with Crippen LogP contribution in [-0.4, -0.2) is 41.9 Å². The molecule has 2 fully saturated rings. The largest absolute Gasteiger partial charge is 0.363 e. The normalized spacial score (nSPS) is 22.8. The predicted octanol–water partition coefficient (Wildman–Crippen LogP) is 0.548. The molecule has 0 aromatic carbocycles. The Labute approximate surface area is 100 Å². The van der Waals surface area contributed by atoms with Gasteiger partial charge in [-0.05, 0) is 24.9 Å². The maximum Gasteiger partial charge on any atom is 0.266 e. The van der Waals surface area contributed by atoms with Gasteiger partial charge < -0.3 is 19.5 Å². The van der Waals surface area contributed by atoms with E-state index in [9.17, 15) is 0 Å². The summed E-state index contributed by atoms with van der Waals surface area (Å²) in [5.74, 6) is 1.28. The highest BCUT2D eigenvalue weighted by atomic mass is 16.5. The third-order valence-corrected chi connectivity index (χ3v) is 3.39. The van der Waals surface area contributed by atoms with Crippen LogP contribution in [0.1, 0.15) is 25.7 Å². The van der Waals surface area contributed by atoms with E-state index in [1.165, 1.54) is 12.8 Å². The van der Waals surface area contributed by atoms with Crippen molar-refractivity contribution < 1.29 is 9.26 Å². The van der Waals surface area contributed by atoms with Gasteiger partial charge in [-0.3, -0.25) is 0 Å². The second-order valence-corrected chi connectivity index (χ2v) is 5.02. The molecule has 0 saturated carbocycles. The first-order valence-corrected chi connectivity index (χ1v) is 6.17. The minimum atomic E-state index is -0.0672. The van der Waals surface area contributed by atoms with Crippen LogP contribution in [0.15, 0.2) is 4.52 Å². The molecule has 17 heavy (non-hydrogen) atoms. The molecule has 0 bridgehead atoms. The molecule has 0 radical (unpaired) electrons. The molecule has 2 saturated heterocycles. The van der Waals surface area contributed by atoms with Gasteiger partial charge in [0.15, 0.2) is 0 Å². The second-order valence-electron chi connectivity index (χ2n) is 5.02. The van der Waals surface area contributed by atoms with Crippen molar-refractivity contribution in [2.24, 2.45) is 0 Å². The first-order valence-electron chi connectivity index (χ1n) is 6.17. The second kappa shape index (κ2) is 4.27. The number of rotatable bonds is 4. The summed E-state index contributed by atoms with van der Waals surface area (Å²) in [6.07, 6.45) is 2.42. The smallest absolute Gasteiger partial charge is 0.266 e. The molecule has 0 spiro atoms. The Bertz CT molecular complexity index is 383. The summed E-state index contributed by atoms with van der Waals surface area (Å²) in [5, 5.41) is 7.17. The first kappa shape index (κ1) is 11.0. The van der Waals surface area contributed by atoms with Gasteiger partial charge in [-0.15, -0.1) is 0 Å². The van der Waals surface area contributed by atoms with Crippen molar-refractivity contribution in [3.8, 4) is 0 Å². The Balaban J connectivity index is 1.56. The van der Waals surface area contributed by atoms with Gasteiger partial charge in [-0.25, -0.2) is 0 Å². The third kappa shape index (κ3) is 2.28. The highest BCUT2D eigenvalue weighted by Gasteiger charge is 2.33. The van der Waals surface area contributed by atoms with E-state index >= 15 is 0 Å². The van der Waals surface area contributed by atoms with E-state index in [1.54, 1.807) is 0 Å². The maximum absolute atomic E-state index is 5.75. The molecule has 94 valence electrons. The van der Waals surface area contributed by atoms with Crippen LogP contribution in [0.25, 0.3) is 0 Å². The molecule has 2 aliphatic heterocycles. The lowest BCUT2D eigenvalue weighted by atomic mass is 10.0.